The second-order valence-electron chi connectivity index (χ2n) is 8.95. The zero-order chi connectivity index (χ0) is 29.3. The van der Waals surface area contributed by atoms with Gasteiger partial charge in [0, 0.05) is 24.8 Å². The van der Waals surface area contributed by atoms with Crippen LogP contribution in [0.2, 0.25) is 0 Å². The fraction of sp³-hybridized carbons (Fsp3) is 0.769. The molecule has 0 heterocycles. The molecular weight excluding hydrogens is 546 g/mol. The van der Waals surface area contributed by atoms with Crippen LogP contribution in [0, 0.1) is 0 Å². The topological polar surface area (TPSA) is 219 Å². The molecule has 0 spiro atoms. The van der Waals surface area contributed by atoms with Gasteiger partial charge in [-0.2, -0.15) is 0 Å². The number of nitrogens with two attached hydrogens (primary N) is 2. The molecule has 0 aliphatic carbocycles. The molecule has 0 aromatic heterocycles. The van der Waals surface area contributed by atoms with E-state index in [2.05, 4.69) is 23.3 Å². The van der Waals surface area contributed by atoms with Crippen molar-refractivity contribution in [1.29, 1.82) is 0 Å². The van der Waals surface area contributed by atoms with E-state index in [1.54, 1.807) is 0 Å². The molecule has 0 amide bonds. The van der Waals surface area contributed by atoms with Gasteiger partial charge in [-0.05, 0) is 38.5 Å². The molecule has 0 radical (unpaired) electrons. The van der Waals surface area contributed by atoms with E-state index < -0.39 is 47.9 Å². The second kappa shape index (κ2) is 31.1. The van der Waals surface area contributed by atoms with Gasteiger partial charge in [-0.1, -0.05) is 65.2 Å². The number of carbonyl (C=O) groups is 6. The number of carboxylic acid groups (broad SMARTS) is 2. The molecule has 12 nitrogen and oxygen atoms in total. The first-order valence-corrected chi connectivity index (χ1v) is 13.3. The third-order valence-corrected chi connectivity index (χ3v) is 5.32. The molecule has 2 unspecified atom stereocenters. The Hall–Kier alpha value is -0.860. The Labute approximate surface area is 281 Å². The summed E-state index contributed by atoms with van der Waals surface area (Å²) >= 11 is 0. The van der Waals surface area contributed by atoms with E-state index >= 15 is 0 Å². The monoisotopic (exact) mass is 590 g/mol. The van der Waals surface area contributed by atoms with Gasteiger partial charge < -0.3 is 40.7 Å². The Kier molecular flexibility index (Phi) is 35.8. The SMILES string of the molecule is CCCCCCCC(=O)OC(=O)C(N)CCC(=O)[O-].CCCCCCCC(=O)OC(=O)C(N)CCC(=O)[O-].[Na+].[Na+]. The molecule has 0 aromatic carbocycles. The number of aliphatic carboxylic acids is 2. The van der Waals surface area contributed by atoms with Crippen LogP contribution in [0.25, 0.3) is 0 Å². The van der Waals surface area contributed by atoms with E-state index in [0.717, 1.165) is 51.4 Å². The Morgan fingerprint density at radius 1 is 0.550 bits per heavy atom. The molecule has 0 saturated heterocycles. The van der Waals surface area contributed by atoms with Crippen molar-refractivity contribution in [2.24, 2.45) is 11.5 Å². The van der Waals surface area contributed by atoms with Crippen LogP contribution in [0.15, 0.2) is 0 Å². The van der Waals surface area contributed by atoms with Crippen molar-refractivity contribution in [3.8, 4) is 0 Å². The fourth-order valence-corrected chi connectivity index (χ4v) is 3.01. The van der Waals surface area contributed by atoms with E-state index in [9.17, 15) is 39.0 Å². The van der Waals surface area contributed by atoms with Crippen LogP contribution in [0.3, 0.4) is 0 Å². The molecule has 0 bridgehead atoms. The molecular formula is C26H44N2Na2O10. The fourth-order valence-electron chi connectivity index (χ4n) is 3.01. The minimum Gasteiger partial charge on any atom is -0.550 e. The molecule has 0 aliphatic heterocycles. The predicted molar refractivity (Wildman–Crippen MR) is 133 cm³/mol. The van der Waals surface area contributed by atoms with E-state index in [4.69, 9.17) is 11.5 Å². The molecule has 4 N–H and O–H groups in total. The minimum absolute atomic E-state index is 0. The summed E-state index contributed by atoms with van der Waals surface area (Å²) in [5.74, 6) is -5.54. The number of hydrogen-bond donors (Lipinski definition) is 2. The smallest absolute Gasteiger partial charge is 0.550 e. The summed E-state index contributed by atoms with van der Waals surface area (Å²) in [5, 5.41) is 20.4. The second-order valence-corrected chi connectivity index (χ2v) is 8.95. The van der Waals surface area contributed by atoms with E-state index in [-0.39, 0.29) is 97.6 Å². The Morgan fingerprint density at radius 3 is 1.12 bits per heavy atom. The summed E-state index contributed by atoms with van der Waals surface area (Å²) in [6, 6.07) is -2.19. The first kappa shape index (κ1) is 46.1. The van der Waals surface area contributed by atoms with Gasteiger partial charge in [0.1, 0.15) is 12.1 Å². The quantitative estimate of drug-likeness (QED) is 0.0587. The molecule has 14 heteroatoms. The van der Waals surface area contributed by atoms with Crippen LogP contribution < -0.4 is 80.8 Å². The molecule has 0 aliphatic rings. The molecule has 0 rings (SSSR count). The maximum absolute atomic E-state index is 11.3. The van der Waals surface area contributed by atoms with Crippen molar-refractivity contribution in [3.63, 3.8) is 0 Å². The van der Waals surface area contributed by atoms with Crippen LogP contribution >= 0.6 is 0 Å². The van der Waals surface area contributed by atoms with Crippen molar-refractivity contribution < 1.29 is 108 Å². The Balaban J connectivity index is -0.000000309. The van der Waals surface area contributed by atoms with E-state index in [0.29, 0.717) is 12.8 Å². The Bertz CT molecular complexity index is 678. The third kappa shape index (κ3) is 31.7. The first-order valence-electron chi connectivity index (χ1n) is 13.3. The van der Waals surface area contributed by atoms with Crippen LogP contribution in [-0.2, 0) is 38.2 Å². The van der Waals surface area contributed by atoms with Gasteiger partial charge in [0.15, 0.2) is 0 Å². The zero-order valence-corrected chi connectivity index (χ0v) is 28.7. The van der Waals surface area contributed by atoms with Crippen molar-refractivity contribution >= 4 is 35.8 Å². The number of hydrogen-bond acceptors (Lipinski definition) is 12. The van der Waals surface area contributed by atoms with Gasteiger partial charge in [0.2, 0.25) is 0 Å². The van der Waals surface area contributed by atoms with Gasteiger partial charge in [0.25, 0.3) is 0 Å². The normalized spacial score (nSPS) is 11.3. The number of unbranched alkanes of at least 4 members (excludes halogenated alkanes) is 8. The van der Waals surface area contributed by atoms with Gasteiger partial charge >= 0.3 is 83.0 Å². The van der Waals surface area contributed by atoms with Gasteiger partial charge in [-0.25, -0.2) is 9.59 Å². The summed E-state index contributed by atoms with van der Waals surface area (Å²) < 4.78 is 9.07. The molecule has 2 atom stereocenters. The van der Waals surface area contributed by atoms with Gasteiger partial charge in [-0.3, -0.25) is 9.59 Å². The van der Waals surface area contributed by atoms with E-state index in [1.165, 1.54) is 0 Å². The largest absolute Gasteiger partial charge is 1.00 e. The number of carbonyl (C=O) groups excluding carboxylic acids is 6. The summed E-state index contributed by atoms with van der Waals surface area (Å²) in [7, 11) is 0. The standard InChI is InChI=1S/2C13H23NO5.2Na/c2*1-2-3-4-5-6-7-12(17)19-13(18)10(14)8-9-11(15)16;;/h2*10H,2-9,14H2,1H3,(H,15,16);;/q;;2*+1/p-2. The van der Waals surface area contributed by atoms with Crippen LogP contribution in [-0.4, -0.2) is 47.9 Å². The minimum atomic E-state index is -1.29. The van der Waals surface area contributed by atoms with Crippen LogP contribution in [0.5, 0.6) is 0 Å². The predicted octanol–water partition coefficient (Wildman–Crippen LogP) is -5.44. The summed E-state index contributed by atoms with van der Waals surface area (Å²) in [4.78, 5) is 65.6. The number of rotatable bonds is 20. The maximum atomic E-state index is 11.3. The average Bonchev–Trinajstić information content (AvgIpc) is 2.85. The first-order chi connectivity index (χ1) is 17.9. The van der Waals surface area contributed by atoms with Gasteiger partial charge in [0.05, 0.1) is 0 Å². The van der Waals surface area contributed by atoms with Crippen molar-refractivity contribution in [2.45, 2.75) is 129 Å². The molecule has 0 saturated carbocycles. The molecule has 0 aromatic rings. The Morgan fingerprint density at radius 2 is 0.850 bits per heavy atom. The number of esters is 4. The van der Waals surface area contributed by atoms with Crippen LogP contribution in [0.1, 0.15) is 117 Å². The molecule has 220 valence electrons. The van der Waals surface area contributed by atoms with Gasteiger partial charge in [-0.15, -0.1) is 0 Å². The average molecular weight is 591 g/mol. The summed E-state index contributed by atoms with van der Waals surface area (Å²) in [6.45, 7) is 4.20. The van der Waals surface area contributed by atoms with Crippen molar-refractivity contribution in [1.82, 2.24) is 0 Å². The number of ether oxygens (including phenoxy) is 2. The number of carboxylic acids is 2. The zero-order valence-electron chi connectivity index (χ0n) is 24.7. The summed E-state index contributed by atoms with van der Waals surface area (Å²) in [5.41, 5.74) is 10.8. The van der Waals surface area contributed by atoms with Crippen molar-refractivity contribution in [3.05, 3.63) is 0 Å². The van der Waals surface area contributed by atoms with E-state index in [1.807, 2.05) is 0 Å². The molecule has 40 heavy (non-hydrogen) atoms. The summed E-state index contributed by atoms with van der Waals surface area (Å²) in [6.07, 6.45) is 9.34. The molecule has 0 fully saturated rings. The van der Waals surface area contributed by atoms with Crippen molar-refractivity contribution in [2.75, 3.05) is 0 Å². The third-order valence-electron chi connectivity index (χ3n) is 5.32. The maximum Gasteiger partial charge on any atom is 1.00 e. The van der Waals surface area contributed by atoms with Crippen LogP contribution in [0.4, 0.5) is 0 Å².